The van der Waals surface area contributed by atoms with E-state index in [1.54, 1.807) is 23.1 Å². The van der Waals surface area contributed by atoms with Gasteiger partial charge in [-0.25, -0.2) is 4.39 Å². The molecule has 3 rings (SSSR count). The third-order valence-electron chi connectivity index (χ3n) is 4.66. The van der Waals surface area contributed by atoms with Gasteiger partial charge in [0.05, 0.1) is 11.8 Å². The number of furan rings is 1. The fourth-order valence-corrected chi connectivity index (χ4v) is 3.28. The summed E-state index contributed by atoms with van der Waals surface area (Å²) in [5, 5.41) is 2.98. The maximum absolute atomic E-state index is 13.8. The summed E-state index contributed by atoms with van der Waals surface area (Å²) in [6, 6.07) is 7.75. The average Bonchev–Trinajstić information content (AvgIpc) is 3.10. The lowest BCUT2D eigenvalue weighted by molar-refractivity contribution is 0.0691. The number of amides is 2. The van der Waals surface area contributed by atoms with Gasteiger partial charge >= 0.3 is 0 Å². The smallest absolute Gasteiger partial charge is 0.287 e. The van der Waals surface area contributed by atoms with E-state index in [-0.39, 0.29) is 23.4 Å². The van der Waals surface area contributed by atoms with Crippen LogP contribution >= 0.6 is 0 Å². The van der Waals surface area contributed by atoms with Crippen LogP contribution in [0.1, 0.15) is 39.3 Å². The molecule has 144 valence electrons. The molecule has 2 heterocycles. The Balaban J connectivity index is 1.55. The number of benzene rings is 1. The zero-order valence-corrected chi connectivity index (χ0v) is 15.6. The normalized spacial score (nSPS) is 15.2. The molecule has 1 aromatic heterocycles. The van der Waals surface area contributed by atoms with E-state index in [1.165, 1.54) is 18.4 Å². The third-order valence-corrected chi connectivity index (χ3v) is 4.66. The van der Waals surface area contributed by atoms with Crippen LogP contribution in [-0.2, 0) is 6.54 Å². The molecule has 0 aliphatic carbocycles. The molecule has 7 heteroatoms. The molecule has 1 aliphatic rings. The molecule has 6 nitrogen and oxygen atoms in total. The van der Waals surface area contributed by atoms with E-state index in [1.807, 2.05) is 19.0 Å². The summed E-state index contributed by atoms with van der Waals surface area (Å²) in [5.74, 6) is -0.731. The quantitative estimate of drug-likeness (QED) is 0.875. The molecule has 0 bridgehead atoms. The molecule has 0 saturated carbocycles. The van der Waals surface area contributed by atoms with Crippen molar-refractivity contribution in [3.05, 3.63) is 59.3 Å². The molecule has 1 saturated heterocycles. The lowest BCUT2D eigenvalue weighted by atomic mass is 10.0. The van der Waals surface area contributed by atoms with E-state index >= 15 is 0 Å². The molecule has 0 unspecified atom stereocenters. The van der Waals surface area contributed by atoms with Gasteiger partial charge in [0.2, 0.25) is 0 Å². The maximum Gasteiger partial charge on any atom is 0.287 e. The van der Waals surface area contributed by atoms with Crippen molar-refractivity contribution in [2.75, 3.05) is 27.2 Å². The SMILES string of the molecule is CN(C)Cc1ccoc1C(=O)NC1CCN(C(=O)c2ccccc2F)CC1. The van der Waals surface area contributed by atoms with Crippen LogP contribution in [0.4, 0.5) is 4.39 Å². The van der Waals surface area contributed by atoms with Crippen molar-refractivity contribution in [3.8, 4) is 0 Å². The lowest BCUT2D eigenvalue weighted by Crippen LogP contribution is -2.46. The number of hydrogen-bond donors (Lipinski definition) is 1. The Labute approximate surface area is 157 Å². The van der Waals surface area contributed by atoms with Crippen LogP contribution in [0.25, 0.3) is 0 Å². The highest BCUT2D eigenvalue weighted by Crippen LogP contribution is 2.18. The highest BCUT2D eigenvalue weighted by molar-refractivity contribution is 5.95. The van der Waals surface area contributed by atoms with Gasteiger partial charge in [-0.15, -0.1) is 0 Å². The Hall–Kier alpha value is -2.67. The first-order valence-corrected chi connectivity index (χ1v) is 9.01. The standard InChI is InChI=1S/C20H24FN3O3/c1-23(2)13-14-9-12-27-18(14)19(25)22-15-7-10-24(11-8-15)20(26)16-5-3-4-6-17(16)21/h3-6,9,12,15H,7-8,10-11,13H2,1-2H3,(H,22,25). The second kappa shape index (κ2) is 8.35. The number of halogens is 1. The zero-order chi connectivity index (χ0) is 19.4. The summed E-state index contributed by atoms with van der Waals surface area (Å²) >= 11 is 0. The van der Waals surface area contributed by atoms with Crippen LogP contribution < -0.4 is 5.32 Å². The van der Waals surface area contributed by atoms with Gasteiger partial charge in [0.25, 0.3) is 11.8 Å². The molecule has 1 fully saturated rings. The second-order valence-electron chi connectivity index (χ2n) is 7.03. The first-order chi connectivity index (χ1) is 13.0. The summed E-state index contributed by atoms with van der Waals surface area (Å²) in [7, 11) is 3.86. The number of carbonyl (C=O) groups is 2. The second-order valence-corrected chi connectivity index (χ2v) is 7.03. The molecule has 1 aliphatic heterocycles. The molecular formula is C20H24FN3O3. The highest BCUT2D eigenvalue weighted by atomic mass is 19.1. The van der Waals surface area contributed by atoms with Crippen LogP contribution in [0.2, 0.25) is 0 Å². The monoisotopic (exact) mass is 373 g/mol. The zero-order valence-electron chi connectivity index (χ0n) is 15.6. The average molecular weight is 373 g/mol. The van der Waals surface area contributed by atoms with Crippen molar-refractivity contribution in [1.82, 2.24) is 15.1 Å². The van der Waals surface area contributed by atoms with Gasteiger partial charge in [-0.1, -0.05) is 12.1 Å². The van der Waals surface area contributed by atoms with Crippen molar-refractivity contribution in [2.24, 2.45) is 0 Å². The van der Waals surface area contributed by atoms with Crippen LogP contribution in [0.3, 0.4) is 0 Å². The predicted octanol–water partition coefficient (Wildman–Crippen LogP) is 2.51. The maximum atomic E-state index is 13.8. The Morgan fingerprint density at radius 3 is 2.59 bits per heavy atom. The number of carbonyl (C=O) groups excluding carboxylic acids is 2. The van der Waals surface area contributed by atoms with E-state index < -0.39 is 5.82 Å². The van der Waals surface area contributed by atoms with Gasteiger partial charge in [0, 0.05) is 31.2 Å². The van der Waals surface area contributed by atoms with Crippen molar-refractivity contribution >= 4 is 11.8 Å². The van der Waals surface area contributed by atoms with Gasteiger partial charge in [-0.3, -0.25) is 9.59 Å². The number of hydrogen-bond acceptors (Lipinski definition) is 4. The largest absolute Gasteiger partial charge is 0.459 e. The van der Waals surface area contributed by atoms with Crippen molar-refractivity contribution in [3.63, 3.8) is 0 Å². The molecule has 2 aromatic rings. The van der Waals surface area contributed by atoms with Crippen molar-refractivity contribution in [2.45, 2.75) is 25.4 Å². The van der Waals surface area contributed by atoms with Crippen LogP contribution in [-0.4, -0.2) is 54.8 Å². The molecule has 0 spiro atoms. The highest BCUT2D eigenvalue weighted by Gasteiger charge is 2.27. The third kappa shape index (κ3) is 4.54. The Bertz CT molecular complexity index is 810. The first-order valence-electron chi connectivity index (χ1n) is 9.01. The minimum Gasteiger partial charge on any atom is -0.459 e. The minimum atomic E-state index is -0.510. The predicted molar refractivity (Wildman–Crippen MR) is 98.9 cm³/mol. The molecule has 27 heavy (non-hydrogen) atoms. The van der Waals surface area contributed by atoms with Gasteiger partial charge in [0.1, 0.15) is 5.82 Å². The first kappa shape index (κ1) is 19.1. The Morgan fingerprint density at radius 2 is 1.93 bits per heavy atom. The molecule has 2 amide bonds. The van der Waals surface area contributed by atoms with E-state index in [4.69, 9.17) is 4.42 Å². The van der Waals surface area contributed by atoms with E-state index in [0.29, 0.717) is 38.2 Å². The van der Waals surface area contributed by atoms with Crippen LogP contribution in [0, 0.1) is 5.82 Å². The number of nitrogens with one attached hydrogen (secondary N) is 1. The van der Waals surface area contributed by atoms with E-state index in [0.717, 1.165) is 5.56 Å². The molecule has 0 atom stereocenters. The Kier molecular flexibility index (Phi) is 5.91. The fraction of sp³-hybridized carbons (Fsp3) is 0.400. The summed E-state index contributed by atoms with van der Waals surface area (Å²) in [6.07, 6.45) is 2.76. The lowest BCUT2D eigenvalue weighted by Gasteiger charge is -2.32. The molecular weight excluding hydrogens is 349 g/mol. The summed E-state index contributed by atoms with van der Waals surface area (Å²) < 4.78 is 19.2. The number of likely N-dealkylation sites (tertiary alicyclic amines) is 1. The van der Waals surface area contributed by atoms with Gasteiger partial charge in [-0.05, 0) is 45.1 Å². The van der Waals surface area contributed by atoms with Gasteiger partial charge in [0.15, 0.2) is 5.76 Å². The van der Waals surface area contributed by atoms with Gasteiger partial charge in [-0.2, -0.15) is 0 Å². The van der Waals surface area contributed by atoms with E-state index in [9.17, 15) is 14.0 Å². The minimum absolute atomic E-state index is 0.0422. The molecule has 1 aromatic carbocycles. The topological polar surface area (TPSA) is 65.8 Å². The molecule has 0 radical (unpaired) electrons. The van der Waals surface area contributed by atoms with E-state index in [2.05, 4.69) is 5.32 Å². The summed E-state index contributed by atoms with van der Waals surface area (Å²) in [6.45, 7) is 1.57. The molecule has 1 N–H and O–H groups in total. The van der Waals surface area contributed by atoms with Crippen molar-refractivity contribution < 1.29 is 18.4 Å². The fourth-order valence-electron chi connectivity index (χ4n) is 3.28. The number of rotatable bonds is 5. The summed E-state index contributed by atoms with van der Waals surface area (Å²) in [4.78, 5) is 28.6. The number of nitrogens with zero attached hydrogens (tertiary/aromatic N) is 2. The van der Waals surface area contributed by atoms with Gasteiger partial charge < -0.3 is 19.5 Å². The summed E-state index contributed by atoms with van der Waals surface area (Å²) in [5.41, 5.74) is 0.925. The van der Waals surface area contributed by atoms with Crippen molar-refractivity contribution in [1.29, 1.82) is 0 Å². The Morgan fingerprint density at radius 1 is 1.22 bits per heavy atom. The number of piperidine rings is 1. The van der Waals surface area contributed by atoms with Crippen LogP contribution in [0.15, 0.2) is 41.0 Å². The van der Waals surface area contributed by atoms with Crippen LogP contribution in [0.5, 0.6) is 0 Å².